The van der Waals surface area contributed by atoms with Crippen molar-refractivity contribution in [3.63, 3.8) is 0 Å². The molecule has 0 saturated carbocycles. The van der Waals surface area contributed by atoms with Gasteiger partial charge in [-0.3, -0.25) is 4.79 Å². The SMILES string of the molecule is C=C(OC)C(CCCN(C)CCc1ccc(OC)c(OC)c1)(C(=O)OC(C)(C)C)c1ccc(OC)c(OC)c1. The lowest BCUT2D eigenvalue weighted by Crippen LogP contribution is -2.43. The largest absolute Gasteiger partial charge is 0.500 e. The zero-order valence-corrected chi connectivity index (χ0v) is 25.0. The molecule has 39 heavy (non-hydrogen) atoms. The Morgan fingerprint density at radius 3 is 1.92 bits per heavy atom. The molecule has 8 nitrogen and oxygen atoms in total. The lowest BCUT2D eigenvalue weighted by atomic mass is 9.74. The van der Waals surface area contributed by atoms with Gasteiger partial charge in [0.15, 0.2) is 23.0 Å². The molecule has 0 aromatic heterocycles. The molecule has 0 bridgehead atoms. The van der Waals surface area contributed by atoms with Gasteiger partial charge in [0.25, 0.3) is 0 Å². The smallest absolute Gasteiger partial charge is 0.324 e. The fraction of sp³-hybridized carbons (Fsp3) is 0.516. The van der Waals surface area contributed by atoms with E-state index < -0.39 is 17.0 Å². The maximum Gasteiger partial charge on any atom is 0.324 e. The van der Waals surface area contributed by atoms with Gasteiger partial charge in [-0.2, -0.15) is 0 Å². The first kappa shape index (κ1) is 31.8. The highest BCUT2D eigenvalue weighted by Gasteiger charge is 2.47. The highest BCUT2D eigenvalue weighted by Crippen LogP contribution is 2.42. The number of carbonyl (C=O) groups excluding carboxylic acids is 1. The molecular formula is C31H45NO7. The number of ether oxygens (including phenoxy) is 6. The van der Waals surface area contributed by atoms with Crippen molar-refractivity contribution in [1.82, 2.24) is 4.90 Å². The minimum absolute atomic E-state index is 0.317. The van der Waals surface area contributed by atoms with Gasteiger partial charge in [-0.05, 0) is 89.0 Å². The molecule has 0 amide bonds. The first-order chi connectivity index (χ1) is 18.4. The van der Waals surface area contributed by atoms with Crippen LogP contribution in [0.3, 0.4) is 0 Å². The Morgan fingerprint density at radius 1 is 0.821 bits per heavy atom. The normalized spacial score (nSPS) is 12.9. The van der Waals surface area contributed by atoms with E-state index >= 15 is 0 Å². The molecule has 1 unspecified atom stereocenters. The van der Waals surface area contributed by atoms with Crippen LogP contribution in [0.25, 0.3) is 0 Å². The van der Waals surface area contributed by atoms with Crippen LogP contribution in [0.5, 0.6) is 23.0 Å². The predicted octanol–water partition coefficient (Wildman–Crippen LogP) is 5.42. The van der Waals surface area contributed by atoms with Crippen LogP contribution in [-0.4, -0.2) is 72.2 Å². The molecule has 2 aromatic carbocycles. The van der Waals surface area contributed by atoms with E-state index in [1.54, 1.807) is 40.6 Å². The summed E-state index contributed by atoms with van der Waals surface area (Å²) in [5, 5.41) is 0. The molecule has 2 aromatic rings. The minimum Gasteiger partial charge on any atom is -0.500 e. The van der Waals surface area contributed by atoms with Gasteiger partial charge in [0.2, 0.25) is 0 Å². The molecule has 1 atom stereocenters. The second-order valence-electron chi connectivity index (χ2n) is 10.5. The lowest BCUT2D eigenvalue weighted by molar-refractivity contribution is -0.162. The summed E-state index contributed by atoms with van der Waals surface area (Å²) in [6.45, 7) is 11.3. The van der Waals surface area contributed by atoms with Crippen molar-refractivity contribution in [3.8, 4) is 23.0 Å². The summed E-state index contributed by atoms with van der Waals surface area (Å²) >= 11 is 0. The van der Waals surface area contributed by atoms with Crippen molar-refractivity contribution in [2.45, 2.75) is 51.0 Å². The molecule has 0 spiro atoms. The summed E-state index contributed by atoms with van der Waals surface area (Å²) in [5.41, 5.74) is -0.0931. The third-order valence-electron chi connectivity index (χ3n) is 6.67. The van der Waals surface area contributed by atoms with Gasteiger partial charge in [0, 0.05) is 6.54 Å². The van der Waals surface area contributed by atoms with Crippen molar-refractivity contribution in [2.24, 2.45) is 0 Å². The molecule has 0 aliphatic rings. The number of esters is 1. The first-order valence-electron chi connectivity index (χ1n) is 13.0. The van der Waals surface area contributed by atoms with Crippen molar-refractivity contribution in [2.75, 3.05) is 55.7 Å². The number of rotatable bonds is 15. The zero-order chi connectivity index (χ0) is 29.2. The second-order valence-corrected chi connectivity index (χ2v) is 10.5. The van der Waals surface area contributed by atoms with Crippen LogP contribution in [0.4, 0.5) is 0 Å². The van der Waals surface area contributed by atoms with E-state index in [0.29, 0.717) is 47.2 Å². The molecule has 2 rings (SSSR count). The standard InChI is InChI=1S/C31H45NO7/c1-22(34-6)31(29(33)39-30(2,3)4,24-13-15-26(36-8)28(21-24)38-10)17-11-18-32(5)19-16-23-12-14-25(35-7)27(20-23)37-9/h12-15,20-21H,1,11,16-19H2,2-10H3. The number of methoxy groups -OCH3 is 5. The average Bonchev–Trinajstić information content (AvgIpc) is 2.92. The number of nitrogens with zero attached hydrogens (tertiary/aromatic N) is 1. The van der Waals surface area contributed by atoms with Gasteiger partial charge >= 0.3 is 5.97 Å². The van der Waals surface area contributed by atoms with Gasteiger partial charge in [-0.25, -0.2) is 0 Å². The maximum atomic E-state index is 13.9. The van der Waals surface area contributed by atoms with Crippen LogP contribution in [0.2, 0.25) is 0 Å². The van der Waals surface area contributed by atoms with Crippen LogP contribution in [0.1, 0.15) is 44.7 Å². The Bertz CT molecular complexity index is 1110. The minimum atomic E-state index is -1.23. The van der Waals surface area contributed by atoms with Gasteiger partial charge in [0.1, 0.15) is 16.8 Å². The average molecular weight is 544 g/mol. The Kier molecular flexibility index (Phi) is 11.5. The molecule has 216 valence electrons. The van der Waals surface area contributed by atoms with Crippen molar-refractivity contribution in [3.05, 3.63) is 59.9 Å². The second kappa shape index (κ2) is 14.1. The van der Waals surface area contributed by atoms with Crippen LogP contribution < -0.4 is 18.9 Å². The van der Waals surface area contributed by atoms with E-state index in [0.717, 1.165) is 25.1 Å². The predicted molar refractivity (Wildman–Crippen MR) is 153 cm³/mol. The summed E-state index contributed by atoms with van der Waals surface area (Å²) in [6.07, 6.45) is 1.97. The Labute approximate surface area is 233 Å². The molecule has 0 heterocycles. The highest BCUT2D eigenvalue weighted by atomic mass is 16.6. The molecule has 0 radical (unpaired) electrons. The molecule has 0 aliphatic carbocycles. The molecule has 8 heteroatoms. The van der Waals surface area contributed by atoms with Crippen LogP contribution in [-0.2, 0) is 26.1 Å². The van der Waals surface area contributed by atoms with E-state index in [9.17, 15) is 4.79 Å². The summed E-state index contributed by atoms with van der Waals surface area (Å²) in [7, 11) is 9.99. The lowest BCUT2D eigenvalue weighted by Gasteiger charge is -2.36. The molecule has 0 aliphatic heterocycles. The van der Waals surface area contributed by atoms with E-state index in [4.69, 9.17) is 28.4 Å². The van der Waals surface area contributed by atoms with Crippen molar-refractivity contribution < 1.29 is 33.2 Å². The van der Waals surface area contributed by atoms with E-state index in [1.165, 1.54) is 7.11 Å². The Hall–Kier alpha value is -3.39. The Morgan fingerprint density at radius 2 is 1.38 bits per heavy atom. The molecule has 0 fully saturated rings. The fourth-order valence-electron chi connectivity index (χ4n) is 4.50. The van der Waals surface area contributed by atoms with Crippen LogP contribution in [0, 0.1) is 0 Å². The summed E-state index contributed by atoms with van der Waals surface area (Å²) in [4.78, 5) is 16.1. The summed E-state index contributed by atoms with van der Waals surface area (Å²) < 4.78 is 33.3. The van der Waals surface area contributed by atoms with Crippen LogP contribution in [0.15, 0.2) is 48.7 Å². The van der Waals surface area contributed by atoms with Crippen molar-refractivity contribution in [1.29, 1.82) is 0 Å². The van der Waals surface area contributed by atoms with E-state index in [-0.39, 0.29) is 0 Å². The fourth-order valence-corrected chi connectivity index (χ4v) is 4.50. The van der Waals surface area contributed by atoms with Gasteiger partial charge in [-0.1, -0.05) is 18.7 Å². The van der Waals surface area contributed by atoms with Crippen LogP contribution >= 0.6 is 0 Å². The number of carbonyl (C=O) groups is 1. The number of hydrogen-bond acceptors (Lipinski definition) is 8. The summed E-state index contributed by atoms with van der Waals surface area (Å²) in [5.74, 6) is 2.41. The molecular weight excluding hydrogens is 498 g/mol. The van der Waals surface area contributed by atoms with E-state index in [1.807, 2.05) is 45.0 Å². The number of hydrogen-bond donors (Lipinski definition) is 0. The maximum absolute atomic E-state index is 13.9. The topological polar surface area (TPSA) is 75.7 Å². The van der Waals surface area contributed by atoms with Gasteiger partial charge < -0.3 is 33.3 Å². The molecule has 0 N–H and O–H groups in total. The quantitative estimate of drug-likeness (QED) is 0.218. The monoisotopic (exact) mass is 543 g/mol. The summed E-state index contributed by atoms with van der Waals surface area (Å²) in [6, 6.07) is 11.4. The third kappa shape index (κ3) is 8.05. The highest BCUT2D eigenvalue weighted by molar-refractivity contribution is 5.87. The van der Waals surface area contributed by atoms with E-state index in [2.05, 4.69) is 18.5 Å². The molecule has 0 saturated heterocycles. The van der Waals surface area contributed by atoms with Crippen molar-refractivity contribution >= 4 is 5.97 Å². The Balaban J connectivity index is 2.28. The van der Waals surface area contributed by atoms with Gasteiger partial charge in [0.05, 0.1) is 35.5 Å². The van der Waals surface area contributed by atoms with Gasteiger partial charge in [-0.15, -0.1) is 0 Å². The third-order valence-corrected chi connectivity index (χ3v) is 6.67. The zero-order valence-electron chi connectivity index (χ0n) is 25.0. The first-order valence-corrected chi connectivity index (χ1v) is 13.0. The number of likely N-dealkylation sites (N-methyl/N-ethyl adjacent to an activating group) is 1. The number of benzene rings is 2.